The van der Waals surface area contributed by atoms with Crippen molar-refractivity contribution in [1.29, 1.82) is 5.41 Å². The Bertz CT molecular complexity index is 883. The van der Waals surface area contributed by atoms with E-state index in [0.29, 0.717) is 30.7 Å². The number of carbonyl (C=O) groups is 1. The summed E-state index contributed by atoms with van der Waals surface area (Å²) in [5.74, 6) is 1.15. The maximum atomic E-state index is 12.1. The summed E-state index contributed by atoms with van der Waals surface area (Å²) in [6.07, 6.45) is 9.14. The molecule has 0 spiro atoms. The molecule has 0 radical (unpaired) electrons. The van der Waals surface area contributed by atoms with E-state index in [1.807, 2.05) is 13.1 Å². The number of nitrogens with one attached hydrogen (secondary N) is 4. The maximum Gasteiger partial charge on any atom is 0.309 e. The van der Waals surface area contributed by atoms with Crippen molar-refractivity contribution in [3.05, 3.63) is 29.7 Å². The number of esters is 1. The summed E-state index contributed by atoms with van der Waals surface area (Å²) in [7, 11) is 1.78. The third-order valence-corrected chi connectivity index (χ3v) is 5.89. The molecule has 1 aromatic rings. The molecule has 1 aliphatic heterocycles. The summed E-state index contributed by atoms with van der Waals surface area (Å²) in [5.41, 5.74) is 2.75. The van der Waals surface area contributed by atoms with Gasteiger partial charge in [-0.05, 0) is 45.6 Å². The summed E-state index contributed by atoms with van der Waals surface area (Å²) in [4.78, 5) is 23.9. The number of nitrogens with zero attached hydrogens (tertiary/aromatic N) is 3. The number of aromatic nitrogens is 2. The molecule has 1 saturated heterocycles. The van der Waals surface area contributed by atoms with Gasteiger partial charge in [-0.2, -0.15) is 4.98 Å². The summed E-state index contributed by atoms with van der Waals surface area (Å²) in [5, 5.41) is 17.1. The lowest BCUT2D eigenvalue weighted by atomic mass is 9.87. The molecule has 1 aliphatic carbocycles. The molecular weight excluding hydrogens is 406 g/mol. The molecule has 0 bridgehead atoms. The molecule has 1 unspecified atom stereocenters. The van der Waals surface area contributed by atoms with Gasteiger partial charge in [0.1, 0.15) is 5.82 Å². The van der Waals surface area contributed by atoms with Crippen LogP contribution in [-0.2, 0) is 9.53 Å². The Hall–Kier alpha value is -2.94. The summed E-state index contributed by atoms with van der Waals surface area (Å²) < 4.78 is 5.21. The van der Waals surface area contributed by atoms with Gasteiger partial charge in [0.2, 0.25) is 5.95 Å². The number of allylic oxidation sites excluding steroid dienone is 3. The predicted octanol–water partition coefficient (Wildman–Crippen LogP) is 2.53. The lowest BCUT2D eigenvalue weighted by molar-refractivity contribution is -0.148. The van der Waals surface area contributed by atoms with E-state index < -0.39 is 0 Å². The van der Waals surface area contributed by atoms with Gasteiger partial charge in [0.25, 0.3) is 0 Å². The highest BCUT2D eigenvalue weighted by molar-refractivity contribution is 5.81. The Kier molecular flexibility index (Phi) is 8.21. The van der Waals surface area contributed by atoms with Crippen molar-refractivity contribution >= 4 is 29.5 Å². The lowest BCUT2D eigenvalue weighted by Gasteiger charge is -2.39. The van der Waals surface area contributed by atoms with Crippen LogP contribution in [0.25, 0.3) is 5.57 Å². The fraction of sp³-hybridized carbons (Fsp3) is 0.565. The van der Waals surface area contributed by atoms with Crippen LogP contribution in [-0.4, -0.2) is 61.0 Å². The molecule has 9 nitrogen and oxygen atoms in total. The standard InChI is InChI=1S/C23H35N7O2/c1-5-32-22(31)18-8-6-17(7-9-18)20-13-27-23(28-19(10-24)12-25-4)29-21(20)30-14-15(2)26-11-16(30)3/h6,10,12-13,15-16,18,24-26H,5,7-9,11,14H2,1-4H3,(H,27,28,29)/b19-12+,24-10?/t15-,16+,18?/m1/s1. The van der Waals surface area contributed by atoms with E-state index in [9.17, 15) is 4.79 Å². The van der Waals surface area contributed by atoms with Gasteiger partial charge in [-0.3, -0.25) is 4.79 Å². The maximum absolute atomic E-state index is 12.1. The van der Waals surface area contributed by atoms with Crippen LogP contribution in [0.1, 0.15) is 45.6 Å². The van der Waals surface area contributed by atoms with Crippen LogP contribution >= 0.6 is 0 Å². The Morgan fingerprint density at radius 3 is 2.91 bits per heavy atom. The van der Waals surface area contributed by atoms with E-state index in [0.717, 1.165) is 37.3 Å². The second-order valence-corrected chi connectivity index (χ2v) is 8.35. The fourth-order valence-corrected chi connectivity index (χ4v) is 4.15. The largest absolute Gasteiger partial charge is 0.466 e. The first-order valence-corrected chi connectivity index (χ1v) is 11.3. The Balaban J connectivity index is 1.93. The number of hydrogen-bond acceptors (Lipinski definition) is 9. The quantitative estimate of drug-likeness (QED) is 0.359. The van der Waals surface area contributed by atoms with Crippen molar-refractivity contribution in [3.8, 4) is 0 Å². The van der Waals surface area contributed by atoms with Crippen molar-refractivity contribution in [3.63, 3.8) is 0 Å². The molecule has 32 heavy (non-hydrogen) atoms. The van der Waals surface area contributed by atoms with Crippen LogP contribution in [0.5, 0.6) is 0 Å². The predicted molar refractivity (Wildman–Crippen MR) is 128 cm³/mol. The van der Waals surface area contributed by atoms with Gasteiger partial charge >= 0.3 is 5.97 Å². The first-order chi connectivity index (χ1) is 15.5. The van der Waals surface area contributed by atoms with E-state index in [2.05, 4.69) is 45.8 Å². The number of hydrogen-bond donors (Lipinski definition) is 4. The number of ether oxygens (including phenoxy) is 1. The molecule has 1 fully saturated rings. The summed E-state index contributed by atoms with van der Waals surface area (Å²) in [6, 6.07) is 0.625. The van der Waals surface area contributed by atoms with Crippen LogP contribution in [0.3, 0.4) is 0 Å². The van der Waals surface area contributed by atoms with Gasteiger partial charge in [0, 0.05) is 56.4 Å². The monoisotopic (exact) mass is 441 g/mol. The van der Waals surface area contributed by atoms with Gasteiger partial charge in [-0.1, -0.05) is 6.08 Å². The molecule has 1 aromatic heterocycles. The van der Waals surface area contributed by atoms with Gasteiger partial charge in [0.15, 0.2) is 0 Å². The fourth-order valence-electron chi connectivity index (χ4n) is 4.15. The smallest absolute Gasteiger partial charge is 0.309 e. The first-order valence-electron chi connectivity index (χ1n) is 11.3. The highest BCUT2D eigenvalue weighted by atomic mass is 16.5. The van der Waals surface area contributed by atoms with Gasteiger partial charge in [-0.15, -0.1) is 0 Å². The zero-order valence-corrected chi connectivity index (χ0v) is 19.4. The van der Waals surface area contributed by atoms with Gasteiger partial charge < -0.3 is 31.0 Å². The zero-order valence-electron chi connectivity index (χ0n) is 19.4. The van der Waals surface area contributed by atoms with E-state index in [1.54, 1.807) is 13.2 Å². The zero-order chi connectivity index (χ0) is 23.1. The summed E-state index contributed by atoms with van der Waals surface area (Å²) in [6.45, 7) is 8.33. The molecule has 2 heterocycles. The van der Waals surface area contributed by atoms with Crippen LogP contribution in [0.2, 0.25) is 0 Å². The first kappa shape index (κ1) is 23.7. The Morgan fingerprint density at radius 1 is 1.44 bits per heavy atom. The average Bonchev–Trinajstić information content (AvgIpc) is 2.80. The van der Waals surface area contributed by atoms with E-state index in [4.69, 9.17) is 15.1 Å². The average molecular weight is 442 g/mol. The molecule has 2 aliphatic rings. The summed E-state index contributed by atoms with van der Waals surface area (Å²) >= 11 is 0. The number of carbonyl (C=O) groups excluding carboxylic acids is 1. The highest BCUT2D eigenvalue weighted by Gasteiger charge is 2.29. The Labute approximate surface area is 190 Å². The third kappa shape index (κ3) is 5.64. The number of rotatable bonds is 8. The van der Waals surface area contributed by atoms with Gasteiger partial charge in [0.05, 0.1) is 18.2 Å². The van der Waals surface area contributed by atoms with Crippen molar-refractivity contribution in [2.24, 2.45) is 5.92 Å². The molecule has 4 N–H and O–H groups in total. The second kappa shape index (κ2) is 11.1. The molecule has 0 saturated carbocycles. The number of anilines is 2. The van der Waals surface area contributed by atoms with E-state index >= 15 is 0 Å². The van der Waals surface area contributed by atoms with Crippen molar-refractivity contribution in [1.82, 2.24) is 20.6 Å². The van der Waals surface area contributed by atoms with Crippen LogP contribution in [0.4, 0.5) is 11.8 Å². The molecule has 9 heteroatoms. The van der Waals surface area contributed by atoms with Gasteiger partial charge in [-0.25, -0.2) is 4.98 Å². The van der Waals surface area contributed by atoms with Crippen LogP contribution in [0.15, 0.2) is 24.2 Å². The molecular formula is C23H35N7O2. The minimum Gasteiger partial charge on any atom is -0.466 e. The third-order valence-electron chi connectivity index (χ3n) is 5.89. The topological polar surface area (TPSA) is 115 Å². The minimum absolute atomic E-state index is 0.0797. The Morgan fingerprint density at radius 2 is 2.25 bits per heavy atom. The molecule has 0 amide bonds. The molecule has 0 aromatic carbocycles. The van der Waals surface area contributed by atoms with Crippen molar-refractivity contribution in [2.75, 3.05) is 37.0 Å². The van der Waals surface area contributed by atoms with Crippen LogP contribution in [0, 0.1) is 11.3 Å². The minimum atomic E-state index is -0.112. The van der Waals surface area contributed by atoms with E-state index in [1.165, 1.54) is 11.8 Å². The lowest BCUT2D eigenvalue weighted by Crippen LogP contribution is -2.55. The highest BCUT2D eigenvalue weighted by Crippen LogP contribution is 2.36. The van der Waals surface area contributed by atoms with Crippen molar-refractivity contribution in [2.45, 2.75) is 52.1 Å². The normalized spacial score (nSPS) is 23.9. The molecule has 3 rings (SSSR count). The van der Waals surface area contributed by atoms with E-state index in [-0.39, 0.29) is 17.9 Å². The number of piperazine rings is 1. The molecule has 3 atom stereocenters. The SMILES string of the molecule is CCOC(=O)C1CC=C(c2cnc(N/C(C=N)=C/NC)nc2N2C[C@@H](C)NC[C@@H]2C)CC1. The van der Waals surface area contributed by atoms with Crippen molar-refractivity contribution < 1.29 is 9.53 Å². The molecule has 174 valence electrons. The van der Waals surface area contributed by atoms with Crippen LogP contribution < -0.4 is 20.9 Å². The second-order valence-electron chi connectivity index (χ2n) is 8.35.